The molecule has 0 radical (unpaired) electrons. The fourth-order valence-corrected chi connectivity index (χ4v) is 12.2. The smallest absolute Gasteiger partial charge is 0.136 e. The highest BCUT2D eigenvalue weighted by Gasteiger charge is 2.47. The van der Waals surface area contributed by atoms with Crippen molar-refractivity contribution in [3.8, 4) is 33.4 Å². The topological polar surface area (TPSA) is 16.4 Å². The second-order valence-electron chi connectivity index (χ2n) is 18.5. The summed E-state index contributed by atoms with van der Waals surface area (Å²) in [5.41, 5.74) is 18.4. The SMILES string of the molecule is c1ccc(C2(c3ccccc3)c3ccccc3-c3c(N(c4ccccc4-c4cccc5cccc(C6CCCCC6)c45)c4ccccc4-c4cccc5oc6ccccc6c45)cccc32)cc1. The monoisotopic (exact) mass is 859 g/mol. The van der Waals surface area contributed by atoms with E-state index in [9.17, 15) is 0 Å². The van der Waals surface area contributed by atoms with Crippen LogP contribution in [0, 0.1) is 0 Å². The largest absolute Gasteiger partial charge is 0.456 e. The van der Waals surface area contributed by atoms with Crippen LogP contribution in [0.4, 0.5) is 17.1 Å². The molecule has 0 amide bonds. The van der Waals surface area contributed by atoms with Crippen LogP contribution in [-0.2, 0) is 5.41 Å². The summed E-state index contributed by atoms with van der Waals surface area (Å²) in [5.74, 6) is 0.547. The zero-order chi connectivity index (χ0) is 44.3. The molecule has 0 unspecified atom stereocenters. The van der Waals surface area contributed by atoms with Gasteiger partial charge in [-0.1, -0.05) is 219 Å². The van der Waals surface area contributed by atoms with Gasteiger partial charge in [-0.15, -0.1) is 0 Å². The molecule has 2 nitrogen and oxygen atoms in total. The number of nitrogens with zero attached hydrogens (tertiary/aromatic N) is 1. The Balaban J connectivity index is 1.14. The Hall–Kier alpha value is -7.94. The Morgan fingerprint density at radius 2 is 0.881 bits per heavy atom. The summed E-state index contributed by atoms with van der Waals surface area (Å²) >= 11 is 0. The van der Waals surface area contributed by atoms with Crippen molar-refractivity contribution in [3.05, 3.63) is 258 Å². The Kier molecular flexibility index (Phi) is 9.53. The molecule has 0 saturated heterocycles. The summed E-state index contributed by atoms with van der Waals surface area (Å²) < 4.78 is 6.56. The number of anilines is 3. The minimum Gasteiger partial charge on any atom is -0.456 e. The second-order valence-corrected chi connectivity index (χ2v) is 18.5. The van der Waals surface area contributed by atoms with Gasteiger partial charge in [-0.05, 0) is 104 Å². The molecular formula is C65H49NO. The molecule has 320 valence electrons. The van der Waals surface area contributed by atoms with Crippen molar-refractivity contribution in [1.82, 2.24) is 0 Å². The van der Waals surface area contributed by atoms with E-state index in [-0.39, 0.29) is 0 Å². The summed E-state index contributed by atoms with van der Waals surface area (Å²) in [6.45, 7) is 0. The minimum atomic E-state index is -0.555. The first-order valence-electron chi connectivity index (χ1n) is 24.0. The molecule has 1 heterocycles. The lowest BCUT2D eigenvalue weighted by Gasteiger charge is -2.35. The molecule has 2 aliphatic carbocycles. The molecule has 10 aromatic carbocycles. The van der Waals surface area contributed by atoms with Gasteiger partial charge < -0.3 is 9.32 Å². The van der Waals surface area contributed by atoms with E-state index in [1.165, 1.54) is 92.9 Å². The zero-order valence-corrected chi connectivity index (χ0v) is 37.4. The van der Waals surface area contributed by atoms with Gasteiger partial charge in [0.2, 0.25) is 0 Å². The van der Waals surface area contributed by atoms with Gasteiger partial charge in [-0.2, -0.15) is 0 Å². The highest BCUT2D eigenvalue weighted by atomic mass is 16.3. The fourth-order valence-electron chi connectivity index (χ4n) is 12.2. The van der Waals surface area contributed by atoms with Crippen LogP contribution in [-0.4, -0.2) is 0 Å². The fraction of sp³-hybridized carbons (Fsp3) is 0.108. The summed E-state index contributed by atoms with van der Waals surface area (Å²) in [6, 6.07) is 85.5. The molecule has 11 aromatic rings. The highest BCUT2D eigenvalue weighted by molar-refractivity contribution is 6.15. The molecular weight excluding hydrogens is 811 g/mol. The molecule has 1 saturated carbocycles. The molecule has 13 rings (SSSR count). The van der Waals surface area contributed by atoms with Crippen LogP contribution < -0.4 is 4.90 Å². The van der Waals surface area contributed by atoms with Crippen molar-refractivity contribution in [2.24, 2.45) is 0 Å². The summed E-state index contributed by atoms with van der Waals surface area (Å²) in [4.78, 5) is 2.59. The van der Waals surface area contributed by atoms with Crippen LogP contribution in [0.3, 0.4) is 0 Å². The van der Waals surface area contributed by atoms with Gasteiger partial charge in [-0.25, -0.2) is 0 Å². The van der Waals surface area contributed by atoms with Gasteiger partial charge in [0, 0.05) is 27.5 Å². The van der Waals surface area contributed by atoms with Crippen molar-refractivity contribution in [1.29, 1.82) is 0 Å². The number of rotatable bonds is 8. The first-order valence-corrected chi connectivity index (χ1v) is 24.0. The number of furan rings is 1. The van der Waals surface area contributed by atoms with Crippen LogP contribution >= 0.6 is 0 Å². The van der Waals surface area contributed by atoms with Gasteiger partial charge >= 0.3 is 0 Å². The highest BCUT2D eigenvalue weighted by Crippen LogP contribution is 2.60. The molecule has 2 heteroatoms. The molecule has 0 bridgehead atoms. The third-order valence-electron chi connectivity index (χ3n) is 15.0. The average molecular weight is 860 g/mol. The molecule has 1 fully saturated rings. The van der Waals surface area contributed by atoms with E-state index in [0.717, 1.165) is 50.1 Å². The van der Waals surface area contributed by atoms with Crippen molar-refractivity contribution in [2.45, 2.75) is 43.4 Å². The maximum Gasteiger partial charge on any atom is 0.136 e. The predicted molar refractivity (Wildman–Crippen MR) is 280 cm³/mol. The maximum absolute atomic E-state index is 6.56. The number of para-hydroxylation sites is 3. The van der Waals surface area contributed by atoms with E-state index in [1.807, 2.05) is 0 Å². The van der Waals surface area contributed by atoms with E-state index in [1.54, 1.807) is 0 Å². The standard InChI is InChI=1S/C65H49NO/c1-4-22-44(23-5-1)48-34-18-24-45-25-19-35-51(62(45)48)49-30-11-15-39-57(49)66(58-40-16-12-31-50(58)52-36-20-43-61-63(52)54-33-13-17-42-60(54)67-61)59-41-21-38-56-64(59)53-32-10-14-37-55(53)65(56,46-26-6-2-7-27-46)47-28-8-3-9-29-47/h2-3,6-21,24-44H,1,4-5,22-23H2. The zero-order valence-electron chi connectivity index (χ0n) is 37.4. The summed E-state index contributed by atoms with van der Waals surface area (Å²) in [7, 11) is 0. The second kappa shape index (κ2) is 16.2. The Morgan fingerprint density at radius 3 is 1.60 bits per heavy atom. The Labute approximate surface area is 392 Å². The van der Waals surface area contributed by atoms with Crippen LogP contribution in [0.5, 0.6) is 0 Å². The number of hydrogen-bond donors (Lipinski definition) is 0. The normalized spacial score (nSPS) is 14.3. The maximum atomic E-state index is 6.56. The molecule has 2 aliphatic rings. The third kappa shape index (κ3) is 6.16. The van der Waals surface area contributed by atoms with Gasteiger partial charge in [0.15, 0.2) is 0 Å². The molecule has 0 aliphatic heterocycles. The van der Waals surface area contributed by atoms with Crippen LogP contribution in [0.2, 0.25) is 0 Å². The first kappa shape index (κ1) is 39.4. The first-order chi connectivity index (χ1) is 33.3. The van der Waals surface area contributed by atoms with E-state index in [4.69, 9.17) is 4.42 Å². The van der Waals surface area contributed by atoms with Crippen LogP contribution in [0.1, 0.15) is 65.8 Å². The Morgan fingerprint density at radius 1 is 0.373 bits per heavy atom. The summed E-state index contributed by atoms with van der Waals surface area (Å²) in [5, 5.41) is 4.92. The van der Waals surface area contributed by atoms with Crippen molar-refractivity contribution in [2.75, 3.05) is 4.90 Å². The number of hydrogen-bond acceptors (Lipinski definition) is 2. The molecule has 0 N–H and O–H groups in total. The van der Waals surface area contributed by atoms with Gasteiger partial charge in [0.1, 0.15) is 11.2 Å². The Bertz CT molecular complexity index is 3590. The van der Waals surface area contributed by atoms with Gasteiger partial charge in [0.25, 0.3) is 0 Å². The predicted octanol–water partition coefficient (Wildman–Crippen LogP) is 18.0. The lowest BCUT2D eigenvalue weighted by molar-refractivity contribution is 0.445. The van der Waals surface area contributed by atoms with Crippen molar-refractivity contribution >= 4 is 49.8 Å². The molecule has 1 aromatic heterocycles. The molecule has 0 spiro atoms. The lowest BCUT2D eigenvalue weighted by atomic mass is 9.68. The van der Waals surface area contributed by atoms with Crippen molar-refractivity contribution in [3.63, 3.8) is 0 Å². The lowest BCUT2D eigenvalue weighted by Crippen LogP contribution is -2.28. The third-order valence-corrected chi connectivity index (χ3v) is 15.0. The van der Waals surface area contributed by atoms with Crippen LogP contribution in [0.15, 0.2) is 235 Å². The van der Waals surface area contributed by atoms with Crippen molar-refractivity contribution < 1.29 is 4.42 Å². The number of benzene rings is 10. The quantitative estimate of drug-likeness (QED) is 0.151. The van der Waals surface area contributed by atoms with E-state index >= 15 is 0 Å². The minimum absolute atomic E-state index is 0.547. The van der Waals surface area contributed by atoms with E-state index < -0.39 is 5.41 Å². The molecule has 67 heavy (non-hydrogen) atoms. The van der Waals surface area contributed by atoms with Gasteiger partial charge in [-0.3, -0.25) is 0 Å². The van der Waals surface area contributed by atoms with E-state index in [2.05, 4.69) is 235 Å². The molecule has 0 atom stereocenters. The average Bonchev–Trinajstić information content (AvgIpc) is 3.94. The number of fused-ring (bicyclic) bond motifs is 7. The summed E-state index contributed by atoms with van der Waals surface area (Å²) in [6.07, 6.45) is 6.38. The van der Waals surface area contributed by atoms with Crippen LogP contribution in [0.25, 0.3) is 66.1 Å². The van der Waals surface area contributed by atoms with Gasteiger partial charge in [0.05, 0.1) is 22.5 Å². The van der Waals surface area contributed by atoms with E-state index in [0.29, 0.717) is 5.92 Å².